The topological polar surface area (TPSA) is 64.2 Å². The number of amides is 1. The number of benzene rings is 2. The molecule has 2 N–H and O–H groups in total. The van der Waals surface area contributed by atoms with Crippen molar-refractivity contribution in [2.24, 2.45) is 0 Å². The summed E-state index contributed by atoms with van der Waals surface area (Å²) in [6, 6.07) is 17.1. The normalized spacial score (nSPS) is 10.5. The zero-order valence-electron chi connectivity index (χ0n) is 12.9. The van der Waals surface area contributed by atoms with Crippen molar-refractivity contribution in [2.45, 2.75) is 6.54 Å². The fraction of sp³-hybridized carbons (Fsp3) is 0.111. The number of rotatable bonds is 4. The van der Waals surface area contributed by atoms with Crippen LogP contribution in [-0.2, 0) is 11.3 Å². The average Bonchev–Trinajstić information content (AvgIpc) is 3.03. The van der Waals surface area contributed by atoms with Gasteiger partial charge in [0.05, 0.1) is 0 Å². The molecule has 0 fully saturated rings. The Morgan fingerprint density at radius 1 is 1.13 bits per heavy atom. The SMILES string of the molecule is CN(C(=O)Cn1ccnc1-c1ccccc1N)c1ccccc1. The van der Waals surface area contributed by atoms with Crippen LogP contribution < -0.4 is 10.6 Å². The van der Waals surface area contributed by atoms with Gasteiger partial charge < -0.3 is 15.2 Å². The van der Waals surface area contributed by atoms with E-state index in [4.69, 9.17) is 5.73 Å². The van der Waals surface area contributed by atoms with E-state index in [-0.39, 0.29) is 12.5 Å². The molecule has 1 amide bonds. The van der Waals surface area contributed by atoms with Gasteiger partial charge in [0.15, 0.2) is 0 Å². The molecule has 0 unspecified atom stereocenters. The molecule has 0 aliphatic heterocycles. The number of nitrogen functional groups attached to an aromatic ring is 1. The van der Waals surface area contributed by atoms with E-state index in [1.54, 1.807) is 24.3 Å². The highest BCUT2D eigenvalue weighted by atomic mass is 16.2. The molecule has 0 saturated carbocycles. The van der Waals surface area contributed by atoms with Crippen molar-refractivity contribution < 1.29 is 4.79 Å². The Balaban J connectivity index is 1.83. The minimum Gasteiger partial charge on any atom is -0.398 e. The number of anilines is 2. The number of carbonyl (C=O) groups excluding carboxylic acids is 1. The highest BCUT2D eigenvalue weighted by molar-refractivity contribution is 5.93. The third-order valence-corrected chi connectivity index (χ3v) is 3.74. The van der Waals surface area contributed by atoms with Gasteiger partial charge in [0.25, 0.3) is 0 Å². The highest BCUT2D eigenvalue weighted by Gasteiger charge is 2.15. The van der Waals surface area contributed by atoms with Gasteiger partial charge in [0.1, 0.15) is 12.4 Å². The first-order chi connectivity index (χ1) is 11.2. The monoisotopic (exact) mass is 306 g/mol. The van der Waals surface area contributed by atoms with E-state index >= 15 is 0 Å². The summed E-state index contributed by atoms with van der Waals surface area (Å²) < 4.78 is 1.81. The Morgan fingerprint density at radius 3 is 2.57 bits per heavy atom. The Kier molecular flexibility index (Phi) is 4.10. The Labute approximate surface area is 135 Å². The maximum Gasteiger partial charge on any atom is 0.246 e. The van der Waals surface area contributed by atoms with Crippen LogP contribution in [-0.4, -0.2) is 22.5 Å². The minimum absolute atomic E-state index is 0.0232. The molecule has 0 bridgehead atoms. The first kappa shape index (κ1) is 14.8. The van der Waals surface area contributed by atoms with Gasteiger partial charge in [-0.3, -0.25) is 4.79 Å². The van der Waals surface area contributed by atoms with Crippen LogP contribution in [0.1, 0.15) is 0 Å². The third-order valence-electron chi connectivity index (χ3n) is 3.74. The number of nitrogens with zero attached hydrogens (tertiary/aromatic N) is 3. The Morgan fingerprint density at radius 2 is 1.83 bits per heavy atom. The molecular formula is C18H18N4O. The van der Waals surface area contributed by atoms with Gasteiger partial charge in [-0.25, -0.2) is 4.98 Å². The highest BCUT2D eigenvalue weighted by Crippen LogP contribution is 2.24. The molecule has 0 saturated heterocycles. The van der Waals surface area contributed by atoms with Crippen LogP contribution in [0.5, 0.6) is 0 Å². The summed E-state index contributed by atoms with van der Waals surface area (Å²) in [6.45, 7) is 0.203. The van der Waals surface area contributed by atoms with Crippen molar-refractivity contribution >= 4 is 17.3 Å². The molecule has 3 aromatic rings. The van der Waals surface area contributed by atoms with Crippen LogP contribution in [0.15, 0.2) is 67.0 Å². The van der Waals surface area contributed by atoms with Crippen molar-refractivity contribution in [3.8, 4) is 11.4 Å². The van der Waals surface area contributed by atoms with E-state index in [1.807, 2.05) is 59.2 Å². The van der Waals surface area contributed by atoms with Crippen molar-refractivity contribution in [3.05, 3.63) is 67.0 Å². The van der Waals surface area contributed by atoms with E-state index in [0.717, 1.165) is 11.3 Å². The van der Waals surface area contributed by atoms with E-state index in [2.05, 4.69) is 4.98 Å². The average molecular weight is 306 g/mol. The van der Waals surface area contributed by atoms with Crippen LogP contribution >= 0.6 is 0 Å². The third kappa shape index (κ3) is 3.08. The fourth-order valence-corrected chi connectivity index (χ4v) is 2.43. The van der Waals surface area contributed by atoms with Crippen LogP contribution in [0.2, 0.25) is 0 Å². The van der Waals surface area contributed by atoms with Crippen LogP contribution in [0.4, 0.5) is 11.4 Å². The zero-order chi connectivity index (χ0) is 16.2. The molecule has 116 valence electrons. The van der Waals surface area contributed by atoms with Crippen LogP contribution in [0.3, 0.4) is 0 Å². The van der Waals surface area contributed by atoms with Crippen LogP contribution in [0, 0.1) is 0 Å². The number of nitrogens with two attached hydrogens (primary N) is 1. The summed E-state index contributed by atoms with van der Waals surface area (Å²) >= 11 is 0. The Bertz CT molecular complexity index is 811. The molecule has 0 radical (unpaired) electrons. The van der Waals surface area contributed by atoms with Gasteiger partial charge in [-0.2, -0.15) is 0 Å². The van der Waals surface area contributed by atoms with Crippen molar-refractivity contribution in [1.29, 1.82) is 0 Å². The summed E-state index contributed by atoms with van der Waals surface area (Å²) in [5, 5.41) is 0. The number of para-hydroxylation sites is 2. The van der Waals surface area contributed by atoms with Gasteiger partial charge in [-0.1, -0.05) is 30.3 Å². The molecule has 2 aromatic carbocycles. The molecule has 5 nitrogen and oxygen atoms in total. The second-order valence-electron chi connectivity index (χ2n) is 5.25. The molecule has 23 heavy (non-hydrogen) atoms. The fourth-order valence-electron chi connectivity index (χ4n) is 2.43. The van der Waals surface area contributed by atoms with Gasteiger partial charge in [-0.05, 0) is 24.3 Å². The van der Waals surface area contributed by atoms with Crippen molar-refractivity contribution in [3.63, 3.8) is 0 Å². The molecule has 3 rings (SSSR count). The first-order valence-electron chi connectivity index (χ1n) is 7.34. The lowest BCUT2D eigenvalue weighted by atomic mass is 10.1. The summed E-state index contributed by atoms with van der Waals surface area (Å²) in [4.78, 5) is 18.5. The predicted octanol–water partition coefficient (Wildman–Crippen LogP) is 2.80. The molecule has 0 aliphatic rings. The number of likely N-dealkylation sites (N-methyl/N-ethyl adjacent to an activating group) is 1. The lowest BCUT2D eigenvalue weighted by molar-refractivity contribution is -0.118. The predicted molar refractivity (Wildman–Crippen MR) is 91.9 cm³/mol. The number of hydrogen-bond acceptors (Lipinski definition) is 3. The van der Waals surface area contributed by atoms with Crippen molar-refractivity contribution in [2.75, 3.05) is 17.7 Å². The zero-order valence-corrected chi connectivity index (χ0v) is 12.9. The molecule has 0 aliphatic carbocycles. The second kappa shape index (κ2) is 6.36. The lowest BCUT2D eigenvalue weighted by Gasteiger charge is -2.18. The van der Waals surface area contributed by atoms with Gasteiger partial charge in [0, 0.05) is 36.4 Å². The van der Waals surface area contributed by atoms with E-state index < -0.39 is 0 Å². The molecule has 1 heterocycles. The molecule has 1 aromatic heterocycles. The van der Waals surface area contributed by atoms with E-state index in [1.165, 1.54) is 0 Å². The van der Waals surface area contributed by atoms with E-state index in [0.29, 0.717) is 11.5 Å². The van der Waals surface area contributed by atoms with Gasteiger partial charge in [0.2, 0.25) is 5.91 Å². The maximum absolute atomic E-state index is 12.5. The van der Waals surface area contributed by atoms with Crippen molar-refractivity contribution in [1.82, 2.24) is 9.55 Å². The minimum atomic E-state index is -0.0232. The summed E-state index contributed by atoms with van der Waals surface area (Å²) in [5.74, 6) is 0.669. The number of carbonyl (C=O) groups is 1. The van der Waals surface area contributed by atoms with Gasteiger partial charge >= 0.3 is 0 Å². The smallest absolute Gasteiger partial charge is 0.246 e. The lowest BCUT2D eigenvalue weighted by Crippen LogP contribution is -2.30. The van der Waals surface area contributed by atoms with E-state index in [9.17, 15) is 4.79 Å². The molecule has 0 spiro atoms. The first-order valence-corrected chi connectivity index (χ1v) is 7.34. The van der Waals surface area contributed by atoms with Crippen LogP contribution in [0.25, 0.3) is 11.4 Å². The molecule has 5 heteroatoms. The number of aromatic nitrogens is 2. The summed E-state index contributed by atoms with van der Waals surface area (Å²) in [6.07, 6.45) is 3.47. The molecular weight excluding hydrogens is 288 g/mol. The second-order valence-corrected chi connectivity index (χ2v) is 5.25. The number of hydrogen-bond donors (Lipinski definition) is 1. The standard InChI is InChI=1S/C18H18N4O/c1-21(14-7-3-2-4-8-14)17(23)13-22-12-11-20-18(22)15-9-5-6-10-16(15)19/h2-12H,13,19H2,1H3. The summed E-state index contributed by atoms with van der Waals surface area (Å²) in [7, 11) is 1.77. The molecule has 0 atom stereocenters. The Hall–Kier alpha value is -3.08. The number of imidazole rings is 1. The largest absolute Gasteiger partial charge is 0.398 e. The van der Waals surface area contributed by atoms with Gasteiger partial charge in [-0.15, -0.1) is 0 Å². The summed E-state index contributed by atoms with van der Waals surface area (Å²) in [5.41, 5.74) is 8.34. The quantitative estimate of drug-likeness (QED) is 0.754. The maximum atomic E-state index is 12.5.